The molecule has 7 nitrogen and oxygen atoms in total. The number of hydrogen-bond acceptors (Lipinski definition) is 5. The zero-order valence-corrected chi connectivity index (χ0v) is 14.0. The van der Waals surface area contributed by atoms with Gasteiger partial charge in [-0.3, -0.25) is 19.7 Å². The highest BCUT2D eigenvalue weighted by Crippen LogP contribution is 2.33. The maximum absolute atomic E-state index is 12.7. The van der Waals surface area contributed by atoms with E-state index in [4.69, 9.17) is 16.3 Å². The summed E-state index contributed by atoms with van der Waals surface area (Å²) in [5, 5.41) is 12.7. The number of non-ortho nitro benzene ring substituents is 1. The van der Waals surface area contributed by atoms with Gasteiger partial charge in [-0.15, -0.1) is 0 Å². The average molecular weight is 403 g/mol. The van der Waals surface area contributed by atoms with Gasteiger partial charge >= 0.3 is 6.18 Å². The van der Waals surface area contributed by atoms with Gasteiger partial charge in [-0.25, -0.2) is 0 Å². The number of aldehydes is 1. The summed E-state index contributed by atoms with van der Waals surface area (Å²) in [5.74, 6) is -0.938. The number of nitrogens with one attached hydrogen (secondary N) is 1. The topological polar surface area (TPSA) is 98.5 Å². The number of nitrogens with zero attached hydrogens (tertiary/aromatic N) is 1. The number of amides is 1. The molecule has 0 unspecified atom stereocenters. The molecule has 0 bridgehead atoms. The summed E-state index contributed by atoms with van der Waals surface area (Å²) in [7, 11) is 0. The number of rotatable bonds is 6. The smallest absolute Gasteiger partial charge is 0.416 e. The number of benzene rings is 2. The minimum Gasteiger partial charge on any atom is -0.483 e. The van der Waals surface area contributed by atoms with Gasteiger partial charge in [0.25, 0.3) is 11.6 Å². The van der Waals surface area contributed by atoms with E-state index in [0.29, 0.717) is 12.4 Å². The molecule has 0 saturated heterocycles. The van der Waals surface area contributed by atoms with Gasteiger partial charge in [0.2, 0.25) is 0 Å². The molecule has 2 aromatic rings. The summed E-state index contributed by atoms with van der Waals surface area (Å²) in [4.78, 5) is 32.9. The first kappa shape index (κ1) is 20.2. The van der Waals surface area contributed by atoms with Crippen molar-refractivity contribution in [3.05, 3.63) is 62.7 Å². The molecular formula is C16H10ClF3N2O5. The Morgan fingerprint density at radius 2 is 1.96 bits per heavy atom. The number of halogens is 4. The van der Waals surface area contributed by atoms with Crippen LogP contribution in [0.25, 0.3) is 0 Å². The lowest BCUT2D eigenvalue weighted by Crippen LogP contribution is -2.21. The normalized spacial score (nSPS) is 11.0. The molecule has 11 heteroatoms. The quantitative estimate of drug-likeness (QED) is 0.445. The van der Waals surface area contributed by atoms with Gasteiger partial charge < -0.3 is 10.1 Å². The number of nitro benzene ring substituents is 1. The van der Waals surface area contributed by atoms with E-state index in [9.17, 15) is 32.9 Å². The maximum atomic E-state index is 12.7. The lowest BCUT2D eigenvalue weighted by Gasteiger charge is -2.12. The Morgan fingerprint density at radius 1 is 1.26 bits per heavy atom. The lowest BCUT2D eigenvalue weighted by molar-refractivity contribution is -0.384. The molecule has 0 fully saturated rings. The lowest BCUT2D eigenvalue weighted by atomic mass is 10.2. The zero-order chi connectivity index (χ0) is 20.2. The number of carbonyl (C=O) groups is 2. The molecule has 0 aliphatic rings. The van der Waals surface area contributed by atoms with Gasteiger partial charge in [0.1, 0.15) is 5.75 Å². The Hall–Kier alpha value is -3.14. The zero-order valence-electron chi connectivity index (χ0n) is 13.2. The van der Waals surface area contributed by atoms with E-state index in [0.717, 1.165) is 30.3 Å². The first-order valence-corrected chi connectivity index (χ1v) is 7.52. The molecule has 0 aliphatic heterocycles. The van der Waals surface area contributed by atoms with Gasteiger partial charge in [0.05, 0.1) is 26.8 Å². The summed E-state index contributed by atoms with van der Waals surface area (Å²) >= 11 is 5.77. The third-order valence-electron chi connectivity index (χ3n) is 3.26. The molecule has 0 aromatic heterocycles. The second-order valence-corrected chi connectivity index (χ2v) is 5.53. The van der Waals surface area contributed by atoms with E-state index in [1.165, 1.54) is 0 Å². The maximum Gasteiger partial charge on any atom is 0.416 e. The van der Waals surface area contributed by atoms with Crippen molar-refractivity contribution in [1.29, 1.82) is 0 Å². The Kier molecular flexibility index (Phi) is 6.01. The number of alkyl halides is 3. The van der Waals surface area contributed by atoms with Gasteiger partial charge in [-0.1, -0.05) is 11.6 Å². The predicted octanol–water partition coefficient (Wildman–Crippen LogP) is 4.10. The SMILES string of the molecule is O=Cc1cc([N+](=O)[O-])ccc1OCC(=O)Nc1cc(C(F)(F)F)ccc1Cl. The molecule has 1 N–H and O–H groups in total. The number of nitro groups is 1. The van der Waals surface area contributed by atoms with Crippen molar-refractivity contribution < 1.29 is 32.4 Å². The van der Waals surface area contributed by atoms with Crippen LogP contribution in [-0.2, 0) is 11.0 Å². The van der Waals surface area contributed by atoms with E-state index in [2.05, 4.69) is 5.32 Å². The Bertz CT molecular complexity index is 902. The van der Waals surface area contributed by atoms with Crippen LogP contribution in [0.2, 0.25) is 5.02 Å². The van der Waals surface area contributed by atoms with E-state index in [-0.39, 0.29) is 27.7 Å². The summed E-state index contributed by atoms with van der Waals surface area (Å²) in [6.07, 6.45) is -4.30. The van der Waals surface area contributed by atoms with Gasteiger partial charge in [-0.2, -0.15) is 13.2 Å². The third kappa shape index (κ3) is 5.17. The minimum absolute atomic E-state index is 0.0964. The molecule has 0 saturated carbocycles. The molecule has 27 heavy (non-hydrogen) atoms. The molecule has 0 radical (unpaired) electrons. The second kappa shape index (κ2) is 8.04. The fraction of sp³-hybridized carbons (Fsp3) is 0.125. The molecule has 0 atom stereocenters. The van der Waals surface area contributed by atoms with Crippen LogP contribution >= 0.6 is 11.6 Å². The van der Waals surface area contributed by atoms with Gasteiger partial charge in [-0.05, 0) is 24.3 Å². The van der Waals surface area contributed by atoms with Gasteiger partial charge in [0, 0.05) is 12.1 Å². The Balaban J connectivity index is 2.09. The van der Waals surface area contributed by atoms with Crippen LogP contribution in [0.15, 0.2) is 36.4 Å². The predicted molar refractivity (Wildman–Crippen MR) is 89.1 cm³/mol. The van der Waals surface area contributed by atoms with E-state index >= 15 is 0 Å². The van der Waals surface area contributed by atoms with Crippen molar-refractivity contribution in [2.75, 3.05) is 11.9 Å². The second-order valence-electron chi connectivity index (χ2n) is 5.13. The third-order valence-corrected chi connectivity index (χ3v) is 3.59. The van der Waals surface area contributed by atoms with Crippen molar-refractivity contribution in [2.24, 2.45) is 0 Å². The molecule has 0 aliphatic carbocycles. The summed E-state index contributed by atoms with van der Waals surface area (Å²) in [6.45, 7) is -0.661. The minimum atomic E-state index is -4.61. The Labute approximate surface area is 154 Å². The number of ether oxygens (including phenoxy) is 1. The van der Waals surface area contributed by atoms with Crippen LogP contribution in [0, 0.1) is 10.1 Å². The van der Waals surface area contributed by atoms with Crippen LogP contribution < -0.4 is 10.1 Å². The van der Waals surface area contributed by atoms with Crippen LogP contribution in [0.5, 0.6) is 5.75 Å². The largest absolute Gasteiger partial charge is 0.483 e. The Morgan fingerprint density at radius 3 is 2.56 bits per heavy atom. The van der Waals surface area contributed by atoms with Crippen LogP contribution in [0.4, 0.5) is 24.5 Å². The monoisotopic (exact) mass is 402 g/mol. The fourth-order valence-corrected chi connectivity index (χ4v) is 2.16. The first-order valence-electron chi connectivity index (χ1n) is 7.15. The van der Waals surface area contributed by atoms with Crippen molar-refractivity contribution in [2.45, 2.75) is 6.18 Å². The first-order chi connectivity index (χ1) is 12.6. The van der Waals surface area contributed by atoms with Crippen molar-refractivity contribution >= 4 is 35.2 Å². The average Bonchev–Trinajstić information content (AvgIpc) is 2.60. The van der Waals surface area contributed by atoms with E-state index in [1.54, 1.807) is 0 Å². The summed E-state index contributed by atoms with van der Waals surface area (Å²) in [5.41, 5.74) is -1.76. The highest BCUT2D eigenvalue weighted by molar-refractivity contribution is 6.33. The van der Waals surface area contributed by atoms with Crippen LogP contribution in [-0.4, -0.2) is 23.7 Å². The molecule has 0 spiro atoms. The molecule has 1 amide bonds. The van der Waals surface area contributed by atoms with Crippen LogP contribution in [0.3, 0.4) is 0 Å². The number of anilines is 1. The summed E-state index contributed by atoms with van der Waals surface area (Å²) < 4.78 is 43.3. The van der Waals surface area contributed by atoms with Crippen LogP contribution in [0.1, 0.15) is 15.9 Å². The standard InChI is InChI=1S/C16H10ClF3N2O5/c17-12-3-1-10(16(18,19)20)6-13(12)21-15(24)8-27-14-4-2-11(22(25)26)5-9(14)7-23/h1-7H,8H2,(H,21,24). The van der Waals surface area contributed by atoms with Crippen molar-refractivity contribution in [1.82, 2.24) is 0 Å². The molecule has 142 valence electrons. The molecular weight excluding hydrogens is 393 g/mol. The highest BCUT2D eigenvalue weighted by atomic mass is 35.5. The highest BCUT2D eigenvalue weighted by Gasteiger charge is 2.31. The molecule has 2 rings (SSSR count). The fourth-order valence-electron chi connectivity index (χ4n) is 2.00. The van der Waals surface area contributed by atoms with Crippen molar-refractivity contribution in [3.8, 4) is 5.75 Å². The molecule has 0 heterocycles. The summed E-state index contributed by atoms with van der Waals surface area (Å²) in [6, 6.07) is 5.59. The van der Waals surface area contributed by atoms with Gasteiger partial charge in [0.15, 0.2) is 12.9 Å². The number of carbonyl (C=O) groups excluding carboxylic acids is 2. The van der Waals surface area contributed by atoms with E-state index in [1.807, 2.05) is 0 Å². The molecule has 2 aromatic carbocycles. The van der Waals surface area contributed by atoms with E-state index < -0.39 is 29.2 Å². The number of hydrogen-bond donors (Lipinski definition) is 1. The van der Waals surface area contributed by atoms with Crippen molar-refractivity contribution in [3.63, 3.8) is 0 Å².